The Hall–Kier alpha value is -4.32. The number of para-hydroxylation sites is 2. The smallest absolute Gasteiger partial charge is 0.254 e. The van der Waals surface area contributed by atoms with Crippen LogP contribution in [-0.4, -0.2) is 30.3 Å². The molecule has 0 bridgehead atoms. The Morgan fingerprint density at radius 3 is 2.34 bits per heavy atom. The Balaban J connectivity index is 1.42. The molecule has 5 rings (SSSR count). The summed E-state index contributed by atoms with van der Waals surface area (Å²) in [5, 5.41) is 0. The zero-order valence-electron chi connectivity index (χ0n) is 17.4. The van der Waals surface area contributed by atoms with Crippen molar-refractivity contribution in [3.05, 3.63) is 121 Å². The summed E-state index contributed by atoms with van der Waals surface area (Å²) >= 11 is 0. The molecule has 6 nitrogen and oxygen atoms in total. The third kappa shape index (κ3) is 4.11. The van der Waals surface area contributed by atoms with Crippen LogP contribution < -0.4 is 0 Å². The standard InChI is InChI=1S/C26H21N5O/c32-26(30(17-20-11-14-27-15-12-20)18-21-4-3-13-28-16-21)22-7-9-23(10-8-22)31-19-29-24-5-1-2-6-25(24)31/h1-16,19H,17-18H2. The number of carbonyl (C=O) groups is 1. The van der Waals surface area contributed by atoms with Gasteiger partial charge >= 0.3 is 0 Å². The number of hydrogen-bond acceptors (Lipinski definition) is 4. The molecule has 0 radical (unpaired) electrons. The monoisotopic (exact) mass is 419 g/mol. The topological polar surface area (TPSA) is 63.9 Å². The summed E-state index contributed by atoms with van der Waals surface area (Å²) in [7, 11) is 0. The molecule has 0 saturated heterocycles. The predicted octanol–water partition coefficient (Wildman–Crippen LogP) is 4.66. The number of imidazole rings is 1. The van der Waals surface area contributed by atoms with Crippen molar-refractivity contribution in [1.82, 2.24) is 24.4 Å². The highest BCUT2D eigenvalue weighted by Gasteiger charge is 2.17. The Morgan fingerprint density at radius 1 is 0.781 bits per heavy atom. The third-order valence-electron chi connectivity index (χ3n) is 5.35. The minimum absolute atomic E-state index is 0.0345. The highest BCUT2D eigenvalue weighted by molar-refractivity contribution is 5.94. The number of nitrogens with zero attached hydrogens (tertiary/aromatic N) is 5. The number of aromatic nitrogens is 4. The van der Waals surface area contributed by atoms with Gasteiger partial charge in [0.25, 0.3) is 5.91 Å². The second kappa shape index (κ2) is 8.81. The van der Waals surface area contributed by atoms with E-state index in [-0.39, 0.29) is 5.91 Å². The van der Waals surface area contributed by atoms with E-state index < -0.39 is 0 Å². The van der Waals surface area contributed by atoms with Gasteiger partial charge in [-0.05, 0) is 65.7 Å². The van der Waals surface area contributed by atoms with E-state index in [2.05, 4.69) is 15.0 Å². The fraction of sp³-hybridized carbons (Fsp3) is 0.0769. The molecule has 0 unspecified atom stereocenters. The molecular weight excluding hydrogens is 398 g/mol. The van der Waals surface area contributed by atoms with Crippen LogP contribution in [0.15, 0.2) is 104 Å². The first-order valence-electron chi connectivity index (χ1n) is 10.4. The molecule has 0 atom stereocenters. The van der Waals surface area contributed by atoms with E-state index in [4.69, 9.17) is 0 Å². The molecule has 6 heteroatoms. The van der Waals surface area contributed by atoms with Gasteiger partial charge in [0.2, 0.25) is 0 Å². The van der Waals surface area contributed by atoms with Crippen molar-refractivity contribution in [2.24, 2.45) is 0 Å². The van der Waals surface area contributed by atoms with E-state index in [0.29, 0.717) is 18.7 Å². The molecule has 0 aliphatic carbocycles. The van der Waals surface area contributed by atoms with Crippen LogP contribution in [0.25, 0.3) is 16.7 Å². The van der Waals surface area contributed by atoms with E-state index in [1.165, 1.54) is 0 Å². The lowest BCUT2D eigenvalue weighted by atomic mass is 10.1. The van der Waals surface area contributed by atoms with Crippen molar-refractivity contribution < 1.29 is 4.79 Å². The van der Waals surface area contributed by atoms with E-state index in [1.54, 1.807) is 31.1 Å². The molecule has 0 fully saturated rings. The maximum Gasteiger partial charge on any atom is 0.254 e. The SMILES string of the molecule is O=C(c1ccc(-n2cnc3ccccc32)cc1)N(Cc1ccncc1)Cc1cccnc1. The summed E-state index contributed by atoms with van der Waals surface area (Å²) in [6, 6.07) is 23.4. The van der Waals surface area contributed by atoms with Crippen LogP contribution in [0, 0.1) is 0 Å². The minimum atomic E-state index is -0.0345. The van der Waals surface area contributed by atoms with E-state index in [0.717, 1.165) is 27.8 Å². The van der Waals surface area contributed by atoms with Crippen molar-refractivity contribution in [2.75, 3.05) is 0 Å². The van der Waals surface area contributed by atoms with Crippen molar-refractivity contribution in [3.8, 4) is 5.69 Å². The molecule has 3 heterocycles. The average Bonchev–Trinajstić information content (AvgIpc) is 3.29. The van der Waals surface area contributed by atoms with Gasteiger partial charge in [-0.25, -0.2) is 4.98 Å². The largest absolute Gasteiger partial charge is 0.330 e. The lowest BCUT2D eigenvalue weighted by Gasteiger charge is -2.23. The molecule has 3 aromatic heterocycles. The quantitative estimate of drug-likeness (QED) is 0.402. The summed E-state index contributed by atoms with van der Waals surface area (Å²) in [5.74, 6) is -0.0345. The van der Waals surface area contributed by atoms with Gasteiger partial charge in [0.05, 0.1) is 11.0 Å². The molecule has 5 aromatic rings. The van der Waals surface area contributed by atoms with Gasteiger partial charge in [0.15, 0.2) is 0 Å². The molecule has 2 aromatic carbocycles. The first-order valence-corrected chi connectivity index (χ1v) is 10.4. The second-order valence-corrected chi connectivity index (χ2v) is 7.53. The second-order valence-electron chi connectivity index (χ2n) is 7.53. The Bertz CT molecular complexity index is 1290. The van der Waals surface area contributed by atoms with Crippen LogP contribution in [0.3, 0.4) is 0 Å². The fourth-order valence-electron chi connectivity index (χ4n) is 3.73. The van der Waals surface area contributed by atoms with Gasteiger partial charge in [0.1, 0.15) is 6.33 Å². The molecule has 0 aliphatic heterocycles. The van der Waals surface area contributed by atoms with Crippen molar-refractivity contribution in [2.45, 2.75) is 13.1 Å². The average molecular weight is 419 g/mol. The van der Waals surface area contributed by atoms with Crippen molar-refractivity contribution in [3.63, 3.8) is 0 Å². The predicted molar refractivity (Wildman–Crippen MR) is 123 cm³/mol. The number of carbonyl (C=O) groups excluding carboxylic acids is 1. The van der Waals surface area contributed by atoms with Crippen molar-refractivity contribution in [1.29, 1.82) is 0 Å². The Morgan fingerprint density at radius 2 is 1.56 bits per heavy atom. The first-order chi connectivity index (χ1) is 15.8. The van der Waals surface area contributed by atoms with Crippen LogP contribution in [-0.2, 0) is 13.1 Å². The molecule has 0 aliphatic rings. The van der Waals surface area contributed by atoms with Crippen LogP contribution in [0.5, 0.6) is 0 Å². The highest BCUT2D eigenvalue weighted by atomic mass is 16.2. The molecule has 0 saturated carbocycles. The summed E-state index contributed by atoms with van der Waals surface area (Å²) < 4.78 is 2.02. The van der Waals surface area contributed by atoms with E-state index in [1.807, 2.05) is 82.3 Å². The highest BCUT2D eigenvalue weighted by Crippen LogP contribution is 2.20. The Kier molecular flexibility index (Phi) is 5.41. The normalized spacial score (nSPS) is 10.9. The molecule has 156 valence electrons. The minimum Gasteiger partial charge on any atom is -0.330 e. The molecule has 1 amide bonds. The number of rotatable bonds is 6. The lowest BCUT2D eigenvalue weighted by Crippen LogP contribution is -2.30. The molecule has 0 N–H and O–H groups in total. The zero-order chi connectivity index (χ0) is 21.8. The van der Waals surface area contributed by atoms with Crippen LogP contribution >= 0.6 is 0 Å². The van der Waals surface area contributed by atoms with Crippen LogP contribution in [0.1, 0.15) is 21.5 Å². The first kappa shape index (κ1) is 19.6. The van der Waals surface area contributed by atoms with E-state index >= 15 is 0 Å². The number of hydrogen-bond donors (Lipinski definition) is 0. The van der Waals surface area contributed by atoms with Crippen LogP contribution in [0.2, 0.25) is 0 Å². The summed E-state index contributed by atoms with van der Waals surface area (Å²) in [4.78, 5) is 28.0. The third-order valence-corrected chi connectivity index (χ3v) is 5.35. The van der Waals surface area contributed by atoms with Gasteiger partial charge in [-0.1, -0.05) is 18.2 Å². The van der Waals surface area contributed by atoms with Gasteiger partial charge in [-0.2, -0.15) is 0 Å². The fourth-order valence-corrected chi connectivity index (χ4v) is 3.73. The maximum atomic E-state index is 13.4. The lowest BCUT2D eigenvalue weighted by molar-refractivity contribution is 0.0730. The number of amides is 1. The van der Waals surface area contributed by atoms with Crippen LogP contribution in [0.4, 0.5) is 0 Å². The van der Waals surface area contributed by atoms with E-state index in [9.17, 15) is 4.79 Å². The van der Waals surface area contributed by atoms with Gasteiger partial charge < -0.3 is 4.90 Å². The summed E-state index contributed by atoms with van der Waals surface area (Å²) in [5.41, 5.74) is 5.57. The Labute approximate surface area is 185 Å². The summed E-state index contributed by atoms with van der Waals surface area (Å²) in [6.45, 7) is 0.965. The van der Waals surface area contributed by atoms with Gasteiger partial charge in [-0.15, -0.1) is 0 Å². The summed E-state index contributed by atoms with van der Waals surface area (Å²) in [6.07, 6.45) is 8.81. The number of pyridine rings is 2. The molecular formula is C26H21N5O. The number of fused-ring (bicyclic) bond motifs is 1. The van der Waals surface area contributed by atoms with Gasteiger partial charge in [-0.3, -0.25) is 19.3 Å². The zero-order valence-corrected chi connectivity index (χ0v) is 17.4. The van der Waals surface area contributed by atoms with Crippen molar-refractivity contribution >= 4 is 16.9 Å². The molecule has 0 spiro atoms. The molecule has 32 heavy (non-hydrogen) atoms. The van der Waals surface area contributed by atoms with Gasteiger partial charge in [0, 0.05) is 49.1 Å². The number of benzene rings is 2. The maximum absolute atomic E-state index is 13.4.